The summed E-state index contributed by atoms with van der Waals surface area (Å²) in [6, 6.07) is 5.00. The van der Waals surface area contributed by atoms with Crippen LogP contribution in [0.5, 0.6) is 0 Å². The average Bonchev–Trinajstić information content (AvgIpc) is 2.73. The Kier molecular flexibility index (Phi) is 4.78. The molecule has 0 saturated heterocycles. The Hall–Kier alpha value is -1.39. The number of aromatic nitrogens is 2. The van der Waals surface area contributed by atoms with Crippen LogP contribution in [-0.4, -0.2) is 15.8 Å². The molecule has 0 spiro atoms. The van der Waals surface area contributed by atoms with Crippen molar-refractivity contribution in [3.8, 4) is 0 Å². The van der Waals surface area contributed by atoms with Crippen LogP contribution in [0.2, 0.25) is 5.02 Å². The van der Waals surface area contributed by atoms with E-state index in [1.54, 1.807) is 16.8 Å². The Bertz CT molecular complexity index is 593. The van der Waals surface area contributed by atoms with Crippen LogP contribution < -0.4 is 5.32 Å². The van der Waals surface area contributed by atoms with Crippen LogP contribution >= 0.6 is 11.6 Å². The van der Waals surface area contributed by atoms with Crippen molar-refractivity contribution < 1.29 is 4.39 Å². The molecular formula is C15H19ClFN3. The second-order valence-corrected chi connectivity index (χ2v) is 5.62. The topological polar surface area (TPSA) is 29.9 Å². The molecule has 0 fully saturated rings. The van der Waals surface area contributed by atoms with Crippen molar-refractivity contribution in [2.75, 3.05) is 0 Å². The van der Waals surface area contributed by atoms with Crippen molar-refractivity contribution in [3.05, 3.63) is 52.1 Å². The fourth-order valence-electron chi connectivity index (χ4n) is 1.96. The van der Waals surface area contributed by atoms with Gasteiger partial charge in [-0.1, -0.05) is 25.4 Å². The summed E-state index contributed by atoms with van der Waals surface area (Å²) in [5, 5.41) is 8.21. The fourth-order valence-corrected chi connectivity index (χ4v) is 2.15. The molecule has 1 N–H and O–H groups in total. The summed E-state index contributed by atoms with van der Waals surface area (Å²) in [6.07, 6.45) is 1.83. The van der Waals surface area contributed by atoms with Crippen LogP contribution in [0.15, 0.2) is 24.4 Å². The second kappa shape index (κ2) is 6.37. The smallest absolute Gasteiger partial charge is 0.128 e. The van der Waals surface area contributed by atoms with E-state index in [9.17, 15) is 4.39 Å². The maximum atomic E-state index is 13.7. The summed E-state index contributed by atoms with van der Waals surface area (Å²) in [6.45, 7) is 7.34. The highest BCUT2D eigenvalue weighted by atomic mass is 35.5. The quantitative estimate of drug-likeness (QED) is 0.914. The molecule has 0 aliphatic carbocycles. The molecular weight excluding hydrogens is 277 g/mol. The zero-order valence-electron chi connectivity index (χ0n) is 12.0. The molecule has 1 aromatic heterocycles. The minimum absolute atomic E-state index is 0.258. The Morgan fingerprint density at radius 2 is 2.10 bits per heavy atom. The van der Waals surface area contributed by atoms with Crippen molar-refractivity contribution in [1.29, 1.82) is 0 Å². The Labute approximate surface area is 123 Å². The van der Waals surface area contributed by atoms with E-state index < -0.39 is 0 Å². The van der Waals surface area contributed by atoms with E-state index in [0.717, 1.165) is 17.8 Å². The number of benzene rings is 1. The van der Waals surface area contributed by atoms with Crippen LogP contribution in [-0.2, 0) is 13.1 Å². The van der Waals surface area contributed by atoms with Gasteiger partial charge >= 0.3 is 0 Å². The molecule has 20 heavy (non-hydrogen) atoms. The fraction of sp³-hybridized carbons (Fsp3) is 0.400. The summed E-state index contributed by atoms with van der Waals surface area (Å²) in [7, 11) is 0. The zero-order valence-corrected chi connectivity index (χ0v) is 12.7. The number of rotatable bonds is 5. The van der Waals surface area contributed by atoms with E-state index in [0.29, 0.717) is 23.2 Å². The maximum Gasteiger partial charge on any atom is 0.128 e. The van der Waals surface area contributed by atoms with Crippen LogP contribution in [0.25, 0.3) is 0 Å². The monoisotopic (exact) mass is 295 g/mol. The molecule has 0 aliphatic rings. The number of nitrogens with zero attached hydrogens (tertiary/aromatic N) is 2. The van der Waals surface area contributed by atoms with E-state index in [-0.39, 0.29) is 5.82 Å². The Morgan fingerprint density at radius 1 is 1.35 bits per heavy atom. The van der Waals surface area contributed by atoms with Gasteiger partial charge in [-0.25, -0.2) is 4.39 Å². The van der Waals surface area contributed by atoms with Crippen LogP contribution in [0.4, 0.5) is 4.39 Å². The highest BCUT2D eigenvalue weighted by Crippen LogP contribution is 2.17. The lowest BCUT2D eigenvalue weighted by Crippen LogP contribution is -2.22. The molecule has 0 unspecified atom stereocenters. The van der Waals surface area contributed by atoms with Crippen molar-refractivity contribution in [2.45, 2.75) is 39.9 Å². The van der Waals surface area contributed by atoms with E-state index in [1.807, 2.05) is 13.1 Å². The number of halogens is 2. The number of nitrogens with one attached hydrogen (secondary N) is 1. The molecule has 0 saturated carbocycles. The third kappa shape index (κ3) is 3.58. The van der Waals surface area contributed by atoms with E-state index in [2.05, 4.69) is 24.3 Å². The van der Waals surface area contributed by atoms with Crippen molar-refractivity contribution in [1.82, 2.24) is 15.1 Å². The van der Waals surface area contributed by atoms with Gasteiger partial charge in [-0.3, -0.25) is 4.68 Å². The molecule has 0 amide bonds. The molecule has 5 heteroatoms. The van der Waals surface area contributed by atoms with Crippen molar-refractivity contribution in [2.24, 2.45) is 0 Å². The standard InChI is InChI=1S/C15H19ClFN3/c1-10(2)18-7-13-8-19-20(11(13)3)9-12-6-14(16)4-5-15(12)17/h4-6,8,10,18H,7,9H2,1-3H3. The summed E-state index contributed by atoms with van der Waals surface area (Å²) >= 11 is 5.91. The molecule has 0 bridgehead atoms. The molecule has 0 aliphatic heterocycles. The first-order valence-electron chi connectivity index (χ1n) is 6.66. The predicted molar refractivity (Wildman–Crippen MR) is 79.5 cm³/mol. The second-order valence-electron chi connectivity index (χ2n) is 5.18. The molecule has 1 heterocycles. The van der Waals surface area contributed by atoms with Gasteiger partial charge in [-0.15, -0.1) is 0 Å². The van der Waals surface area contributed by atoms with Crippen LogP contribution in [0, 0.1) is 12.7 Å². The molecule has 108 valence electrons. The Morgan fingerprint density at radius 3 is 2.80 bits per heavy atom. The summed E-state index contributed by atoms with van der Waals surface area (Å²) in [5.41, 5.74) is 2.71. The van der Waals surface area contributed by atoms with Crippen LogP contribution in [0.1, 0.15) is 30.7 Å². The zero-order chi connectivity index (χ0) is 14.7. The highest BCUT2D eigenvalue weighted by molar-refractivity contribution is 6.30. The van der Waals surface area contributed by atoms with Gasteiger partial charge < -0.3 is 5.32 Å². The van der Waals surface area contributed by atoms with Gasteiger partial charge in [0.15, 0.2) is 0 Å². The third-order valence-electron chi connectivity index (χ3n) is 3.23. The molecule has 3 nitrogen and oxygen atoms in total. The van der Waals surface area contributed by atoms with E-state index in [4.69, 9.17) is 11.6 Å². The highest BCUT2D eigenvalue weighted by Gasteiger charge is 2.10. The van der Waals surface area contributed by atoms with Gasteiger partial charge in [0.1, 0.15) is 5.82 Å². The normalized spacial score (nSPS) is 11.3. The number of hydrogen-bond donors (Lipinski definition) is 1. The summed E-state index contributed by atoms with van der Waals surface area (Å²) in [5.74, 6) is -0.258. The van der Waals surface area contributed by atoms with Crippen molar-refractivity contribution >= 4 is 11.6 Å². The molecule has 2 aromatic rings. The van der Waals surface area contributed by atoms with E-state index >= 15 is 0 Å². The lowest BCUT2D eigenvalue weighted by Gasteiger charge is -2.09. The SMILES string of the molecule is Cc1c(CNC(C)C)cnn1Cc1cc(Cl)ccc1F. The molecule has 0 radical (unpaired) electrons. The minimum atomic E-state index is -0.258. The molecule has 0 atom stereocenters. The summed E-state index contributed by atoms with van der Waals surface area (Å²) in [4.78, 5) is 0. The third-order valence-corrected chi connectivity index (χ3v) is 3.47. The summed E-state index contributed by atoms with van der Waals surface area (Å²) < 4.78 is 15.5. The first-order valence-corrected chi connectivity index (χ1v) is 7.03. The van der Waals surface area contributed by atoms with Crippen LogP contribution in [0.3, 0.4) is 0 Å². The first kappa shape index (κ1) is 15.0. The Balaban J connectivity index is 2.16. The minimum Gasteiger partial charge on any atom is -0.310 e. The van der Waals surface area contributed by atoms with E-state index in [1.165, 1.54) is 6.07 Å². The van der Waals surface area contributed by atoms with Gasteiger partial charge in [0.25, 0.3) is 0 Å². The predicted octanol–water partition coefficient (Wildman–Crippen LogP) is 3.53. The lowest BCUT2D eigenvalue weighted by atomic mass is 10.2. The van der Waals surface area contributed by atoms with Gasteiger partial charge in [0, 0.05) is 34.4 Å². The largest absolute Gasteiger partial charge is 0.310 e. The maximum absolute atomic E-state index is 13.7. The van der Waals surface area contributed by atoms with Gasteiger partial charge in [-0.2, -0.15) is 5.10 Å². The first-order chi connectivity index (χ1) is 9.47. The number of hydrogen-bond acceptors (Lipinski definition) is 2. The molecule has 2 rings (SSSR count). The van der Waals surface area contributed by atoms with Crippen molar-refractivity contribution in [3.63, 3.8) is 0 Å². The van der Waals surface area contributed by atoms with Gasteiger partial charge in [0.05, 0.1) is 12.7 Å². The van der Waals surface area contributed by atoms with Gasteiger partial charge in [-0.05, 0) is 25.1 Å². The van der Waals surface area contributed by atoms with Gasteiger partial charge in [0.2, 0.25) is 0 Å². The average molecular weight is 296 g/mol. The lowest BCUT2D eigenvalue weighted by molar-refractivity contribution is 0.574. The molecule has 1 aromatic carbocycles.